The lowest BCUT2D eigenvalue weighted by Crippen LogP contribution is -2.00. The molecule has 8 aromatic carbocycles. The predicted molar refractivity (Wildman–Crippen MR) is 223 cm³/mol. The highest BCUT2D eigenvalue weighted by atomic mass is 15.0. The van der Waals surface area contributed by atoms with E-state index in [0.29, 0.717) is 17.5 Å². The van der Waals surface area contributed by atoms with Crippen molar-refractivity contribution < 1.29 is 0 Å². The van der Waals surface area contributed by atoms with Crippen molar-refractivity contribution >= 4 is 0 Å². The summed E-state index contributed by atoms with van der Waals surface area (Å²) in [5, 5.41) is 0. The second-order valence-corrected chi connectivity index (χ2v) is 13.3. The van der Waals surface area contributed by atoms with Crippen molar-refractivity contribution in [2.45, 2.75) is 0 Å². The van der Waals surface area contributed by atoms with E-state index in [4.69, 9.17) is 15.0 Å². The van der Waals surface area contributed by atoms with Gasteiger partial charge in [-0.1, -0.05) is 188 Å². The molecule has 9 aromatic rings. The normalized spacial score (nSPS) is 11.0. The molecule has 1 aromatic heterocycles. The van der Waals surface area contributed by atoms with Crippen LogP contribution in [0, 0.1) is 0 Å². The van der Waals surface area contributed by atoms with E-state index in [1.165, 1.54) is 22.3 Å². The number of benzene rings is 8. The largest absolute Gasteiger partial charge is 0.208 e. The molecule has 0 aliphatic rings. The average molecular weight is 690 g/mol. The van der Waals surface area contributed by atoms with Gasteiger partial charge in [0.2, 0.25) is 0 Å². The first-order valence-corrected chi connectivity index (χ1v) is 18.2. The number of hydrogen-bond acceptors (Lipinski definition) is 3. The Bertz CT molecular complexity index is 2500. The smallest absolute Gasteiger partial charge is 0.164 e. The van der Waals surface area contributed by atoms with Crippen LogP contribution in [-0.4, -0.2) is 15.0 Å². The minimum Gasteiger partial charge on any atom is -0.208 e. The summed E-state index contributed by atoms with van der Waals surface area (Å²) < 4.78 is 0. The second-order valence-electron chi connectivity index (χ2n) is 13.3. The fourth-order valence-corrected chi connectivity index (χ4v) is 6.87. The van der Waals surface area contributed by atoms with Gasteiger partial charge in [-0.15, -0.1) is 0 Å². The lowest BCUT2D eigenvalue weighted by atomic mass is 9.91. The first-order valence-electron chi connectivity index (χ1n) is 18.2. The Hall–Kier alpha value is -7.23. The van der Waals surface area contributed by atoms with Crippen LogP contribution in [0.3, 0.4) is 0 Å². The Morgan fingerprint density at radius 2 is 0.407 bits per heavy atom. The minimum absolute atomic E-state index is 0.633. The first kappa shape index (κ1) is 32.7. The van der Waals surface area contributed by atoms with E-state index in [2.05, 4.69) is 152 Å². The van der Waals surface area contributed by atoms with E-state index >= 15 is 0 Å². The van der Waals surface area contributed by atoms with Crippen LogP contribution in [0.2, 0.25) is 0 Å². The van der Waals surface area contributed by atoms with Crippen molar-refractivity contribution in [3.05, 3.63) is 212 Å². The van der Waals surface area contributed by atoms with Crippen molar-refractivity contribution in [2.75, 3.05) is 0 Å². The van der Waals surface area contributed by atoms with Crippen LogP contribution in [0.4, 0.5) is 0 Å². The number of hydrogen-bond donors (Lipinski definition) is 0. The standard InChI is InChI=1S/C51H35N3/c1-5-14-36(15-6-1)38-24-28-40(29-25-38)46-33-47(41-30-26-39(27-31-41)37-16-7-2-8-17-37)35-48(34-46)44-22-13-23-45(32-44)51-53-49(42-18-9-3-10-19-42)52-50(54-51)43-20-11-4-12-21-43/h1-35H. The van der Waals surface area contributed by atoms with Gasteiger partial charge < -0.3 is 0 Å². The van der Waals surface area contributed by atoms with Gasteiger partial charge in [-0.3, -0.25) is 0 Å². The topological polar surface area (TPSA) is 38.7 Å². The number of rotatable bonds is 8. The molecular weight excluding hydrogens is 655 g/mol. The van der Waals surface area contributed by atoms with Gasteiger partial charge in [-0.2, -0.15) is 0 Å². The summed E-state index contributed by atoms with van der Waals surface area (Å²) in [6.07, 6.45) is 0. The van der Waals surface area contributed by atoms with Gasteiger partial charge in [0.25, 0.3) is 0 Å². The number of nitrogens with zero attached hydrogens (tertiary/aromatic N) is 3. The fourth-order valence-electron chi connectivity index (χ4n) is 6.87. The molecule has 0 atom stereocenters. The Balaban J connectivity index is 1.15. The Labute approximate surface area is 316 Å². The molecule has 254 valence electrons. The van der Waals surface area contributed by atoms with Crippen LogP contribution in [-0.2, 0) is 0 Å². The maximum atomic E-state index is 5.01. The predicted octanol–water partition coefficient (Wildman–Crippen LogP) is 13.2. The lowest BCUT2D eigenvalue weighted by Gasteiger charge is -2.13. The monoisotopic (exact) mass is 689 g/mol. The molecule has 3 nitrogen and oxygen atoms in total. The van der Waals surface area contributed by atoms with Gasteiger partial charge in [0, 0.05) is 16.7 Å². The van der Waals surface area contributed by atoms with Gasteiger partial charge >= 0.3 is 0 Å². The molecule has 0 aliphatic carbocycles. The third-order valence-electron chi connectivity index (χ3n) is 9.74. The van der Waals surface area contributed by atoms with Gasteiger partial charge in [0.05, 0.1) is 0 Å². The molecule has 0 amide bonds. The van der Waals surface area contributed by atoms with Gasteiger partial charge in [-0.25, -0.2) is 15.0 Å². The van der Waals surface area contributed by atoms with Crippen molar-refractivity contribution in [2.24, 2.45) is 0 Å². The molecule has 54 heavy (non-hydrogen) atoms. The zero-order chi connectivity index (χ0) is 36.1. The molecule has 0 unspecified atom stereocenters. The zero-order valence-electron chi connectivity index (χ0n) is 29.5. The summed E-state index contributed by atoms with van der Waals surface area (Å²) in [7, 11) is 0. The molecule has 3 heteroatoms. The van der Waals surface area contributed by atoms with Crippen LogP contribution in [0.15, 0.2) is 212 Å². The second kappa shape index (κ2) is 14.8. The molecule has 0 fully saturated rings. The lowest BCUT2D eigenvalue weighted by molar-refractivity contribution is 1.07. The first-order chi connectivity index (χ1) is 26.7. The summed E-state index contributed by atoms with van der Waals surface area (Å²) >= 11 is 0. The maximum absolute atomic E-state index is 5.01. The molecule has 0 bridgehead atoms. The molecular formula is C51H35N3. The van der Waals surface area contributed by atoms with Crippen LogP contribution >= 0.6 is 0 Å². The highest BCUT2D eigenvalue weighted by molar-refractivity contribution is 5.84. The molecule has 0 saturated carbocycles. The third-order valence-corrected chi connectivity index (χ3v) is 9.74. The molecule has 0 N–H and O–H groups in total. The van der Waals surface area contributed by atoms with Crippen molar-refractivity contribution in [1.82, 2.24) is 15.0 Å². The molecule has 0 spiro atoms. The van der Waals surface area contributed by atoms with E-state index in [-0.39, 0.29) is 0 Å². The quantitative estimate of drug-likeness (QED) is 0.159. The van der Waals surface area contributed by atoms with E-state index in [9.17, 15) is 0 Å². The van der Waals surface area contributed by atoms with Crippen LogP contribution in [0.25, 0.3) is 89.8 Å². The molecule has 9 rings (SSSR count). The van der Waals surface area contributed by atoms with E-state index in [1.807, 2.05) is 60.7 Å². The highest BCUT2D eigenvalue weighted by Crippen LogP contribution is 2.36. The zero-order valence-corrected chi connectivity index (χ0v) is 29.5. The summed E-state index contributed by atoms with van der Waals surface area (Å²) in [5.41, 5.74) is 14.4. The summed E-state index contributed by atoms with van der Waals surface area (Å²) in [6.45, 7) is 0. The Morgan fingerprint density at radius 1 is 0.167 bits per heavy atom. The fraction of sp³-hybridized carbons (Fsp3) is 0. The van der Waals surface area contributed by atoms with Crippen LogP contribution in [0.5, 0.6) is 0 Å². The van der Waals surface area contributed by atoms with Crippen molar-refractivity contribution in [3.8, 4) is 89.8 Å². The average Bonchev–Trinajstić information content (AvgIpc) is 3.27. The molecule has 0 radical (unpaired) electrons. The Kier molecular flexibility index (Phi) is 8.94. The minimum atomic E-state index is 0.633. The van der Waals surface area contributed by atoms with Crippen molar-refractivity contribution in [1.29, 1.82) is 0 Å². The van der Waals surface area contributed by atoms with Gasteiger partial charge in [0.15, 0.2) is 17.5 Å². The van der Waals surface area contributed by atoms with Gasteiger partial charge in [-0.05, 0) is 79.9 Å². The van der Waals surface area contributed by atoms with Crippen molar-refractivity contribution in [3.63, 3.8) is 0 Å². The summed E-state index contributed by atoms with van der Waals surface area (Å²) in [5.74, 6) is 1.92. The maximum Gasteiger partial charge on any atom is 0.164 e. The number of aromatic nitrogens is 3. The van der Waals surface area contributed by atoms with Gasteiger partial charge in [0.1, 0.15) is 0 Å². The summed E-state index contributed by atoms with van der Waals surface area (Å²) in [6, 6.07) is 74.4. The van der Waals surface area contributed by atoms with E-state index < -0.39 is 0 Å². The Morgan fingerprint density at radius 3 is 0.796 bits per heavy atom. The molecule has 1 heterocycles. The SMILES string of the molecule is c1ccc(-c2ccc(-c3cc(-c4ccc(-c5ccccc5)cc4)cc(-c4cccc(-c5nc(-c6ccccc6)nc(-c6ccccc6)n5)c4)c3)cc2)cc1. The van der Waals surface area contributed by atoms with E-state index in [0.717, 1.165) is 50.1 Å². The third kappa shape index (κ3) is 6.99. The van der Waals surface area contributed by atoms with Crippen LogP contribution in [0.1, 0.15) is 0 Å². The van der Waals surface area contributed by atoms with E-state index in [1.54, 1.807) is 0 Å². The highest BCUT2D eigenvalue weighted by Gasteiger charge is 2.14. The molecule has 0 saturated heterocycles. The van der Waals surface area contributed by atoms with Crippen LogP contribution < -0.4 is 0 Å². The summed E-state index contributed by atoms with van der Waals surface area (Å²) in [4.78, 5) is 14.9. The molecule has 0 aliphatic heterocycles.